The highest BCUT2D eigenvalue weighted by Gasteiger charge is 2.15. The lowest BCUT2D eigenvalue weighted by atomic mass is 10.2. The van der Waals surface area contributed by atoms with E-state index >= 15 is 0 Å². The maximum absolute atomic E-state index is 5.37. The quantitative estimate of drug-likeness (QED) is 0.800. The number of hydrogen-bond donors (Lipinski definition) is 0. The van der Waals surface area contributed by atoms with E-state index in [0.717, 1.165) is 39.3 Å². The van der Waals surface area contributed by atoms with Gasteiger partial charge in [0.25, 0.3) is 0 Å². The van der Waals surface area contributed by atoms with Crippen LogP contribution in [-0.2, 0) is 17.7 Å². The third-order valence-electron chi connectivity index (χ3n) is 3.28. The Bertz CT molecular complexity index is 354. The van der Waals surface area contributed by atoms with Gasteiger partial charge in [0.15, 0.2) is 0 Å². The van der Waals surface area contributed by atoms with Crippen molar-refractivity contribution in [3.05, 3.63) is 17.5 Å². The molecule has 0 radical (unpaired) electrons. The van der Waals surface area contributed by atoms with Crippen molar-refractivity contribution in [3.63, 3.8) is 0 Å². The summed E-state index contributed by atoms with van der Waals surface area (Å²) in [4.78, 5) is 2.43. The van der Waals surface area contributed by atoms with E-state index in [1.165, 1.54) is 11.3 Å². The third-order valence-corrected chi connectivity index (χ3v) is 3.28. The molecule has 1 saturated heterocycles. The first kappa shape index (κ1) is 12.6. The number of hydrogen-bond acceptors (Lipinski definition) is 3. The average molecular weight is 237 g/mol. The number of aryl methyl sites for hydroxylation is 1. The largest absolute Gasteiger partial charge is 0.379 e. The van der Waals surface area contributed by atoms with Crippen molar-refractivity contribution in [2.24, 2.45) is 0 Å². The van der Waals surface area contributed by atoms with Gasteiger partial charge in [0.1, 0.15) is 0 Å². The standard InChI is InChI=1S/C13H23N3O/c1-4-12-9-16(11(2)3)14-13(12)10-15-5-7-17-8-6-15/h9,11H,4-8,10H2,1-3H3. The monoisotopic (exact) mass is 237 g/mol. The van der Waals surface area contributed by atoms with Crippen LogP contribution in [0, 0.1) is 0 Å². The Morgan fingerprint density at radius 2 is 2.06 bits per heavy atom. The van der Waals surface area contributed by atoms with Gasteiger partial charge < -0.3 is 4.74 Å². The van der Waals surface area contributed by atoms with Crippen molar-refractivity contribution in [2.75, 3.05) is 26.3 Å². The van der Waals surface area contributed by atoms with Crippen LogP contribution in [0.1, 0.15) is 38.1 Å². The molecule has 2 heterocycles. The predicted octanol–water partition coefficient (Wildman–Crippen LogP) is 1.86. The van der Waals surface area contributed by atoms with Gasteiger partial charge in [0.2, 0.25) is 0 Å². The van der Waals surface area contributed by atoms with Crippen LogP contribution in [0.4, 0.5) is 0 Å². The summed E-state index contributed by atoms with van der Waals surface area (Å²) in [6, 6.07) is 0.443. The summed E-state index contributed by atoms with van der Waals surface area (Å²) in [5.74, 6) is 0. The van der Waals surface area contributed by atoms with Crippen LogP contribution in [0.2, 0.25) is 0 Å². The van der Waals surface area contributed by atoms with E-state index in [1.54, 1.807) is 0 Å². The molecule has 0 spiro atoms. The second kappa shape index (κ2) is 5.65. The van der Waals surface area contributed by atoms with Gasteiger partial charge in [-0.1, -0.05) is 6.92 Å². The third kappa shape index (κ3) is 3.07. The van der Waals surface area contributed by atoms with Crippen LogP contribution in [0.25, 0.3) is 0 Å². The van der Waals surface area contributed by atoms with Crippen molar-refractivity contribution in [2.45, 2.75) is 39.8 Å². The molecule has 4 nitrogen and oxygen atoms in total. The van der Waals surface area contributed by atoms with Gasteiger partial charge in [-0.25, -0.2) is 0 Å². The SMILES string of the molecule is CCc1cn(C(C)C)nc1CN1CCOCC1. The second-order valence-electron chi connectivity index (χ2n) is 4.92. The highest BCUT2D eigenvalue weighted by Crippen LogP contribution is 2.14. The van der Waals surface area contributed by atoms with Crippen molar-refractivity contribution in [3.8, 4) is 0 Å². The lowest BCUT2D eigenvalue weighted by molar-refractivity contribution is 0.0334. The molecule has 1 aliphatic rings. The summed E-state index contributed by atoms with van der Waals surface area (Å²) in [6.45, 7) is 11.3. The second-order valence-corrected chi connectivity index (χ2v) is 4.92. The Kier molecular flexibility index (Phi) is 4.18. The molecule has 0 aliphatic carbocycles. The van der Waals surface area contributed by atoms with Gasteiger partial charge in [-0.15, -0.1) is 0 Å². The number of aromatic nitrogens is 2. The van der Waals surface area contributed by atoms with Crippen LogP contribution < -0.4 is 0 Å². The highest BCUT2D eigenvalue weighted by molar-refractivity contribution is 5.17. The summed E-state index contributed by atoms with van der Waals surface area (Å²) >= 11 is 0. The Morgan fingerprint density at radius 1 is 1.35 bits per heavy atom. The molecule has 0 amide bonds. The van der Waals surface area contributed by atoms with Crippen LogP contribution >= 0.6 is 0 Å². The number of rotatable bonds is 4. The molecule has 0 N–H and O–H groups in total. The van der Waals surface area contributed by atoms with E-state index in [-0.39, 0.29) is 0 Å². The molecule has 17 heavy (non-hydrogen) atoms. The van der Waals surface area contributed by atoms with Crippen molar-refractivity contribution < 1.29 is 4.74 Å². The highest BCUT2D eigenvalue weighted by atomic mass is 16.5. The Morgan fingerprint density at radius 3 is 2.65 bits per heavy atom. The Labute approximate surface area is 104 Å². The molecule has 0 saturated carbocycles. The molecule has 1 aromatic rings. The molecular weight excluding hydrogens is 214 g/mol. The zero-order valence-electron chi connectivity index (χ0n) is 11.1. The molecule has 0 unspecified atom stereocenters. The minimum Gasteiger partial charge on any atom is -0.379 e. The minimum atomic E-state index is 0.443. The van der Waals surface area contributed by atoms with E-state index < -0.39 is 0 Å². The van der Waals surface area contributed by atoms with Gasteiger partial charge in [-0.3, -0.25) is 9.58 Å². The molecule has 2 rings (SSSR count). The van der Waals surface area contributed by atoms with E-state index in [2.05, 4.69) is 36.5 Å². The Hall–Kier alpha value is -0.870. The molecule has 4 heteroatoms. The molecule has 1 aliphatic heterocycles. The summed E-state index contributed by atoms with van der Waals surface area (Å²) < 4.78 is 7.45. The molecule has 0 atom stereocenters. The maximum Gasteiger partial charge on any atom is 0.0796 e. The Balaban J connectivity index is 2.07. The molecular formula is C13H23N3O. The summed E-state index contributed by atoms with van der Waals surface area (Å²) in [7, 11) is 0. The zero-order chi connectivity index (χ0) is 12.3. The fourth-order valence-corrected chi connectivity index (χ4v) is 2.13. The first-order chi connectivity index (χ1) is 8.20. The normalized spacial score (nSPS) is 17.9. The molecule has 96 valence electrons. The van der Waals surface area contributed by atoms with E-state index in [1.807, 2.05) is 0 Å². The average Bonchev–Trinajstić information content (AvgIpc) is 2.74. The van der Waals surface area contributed by atoms with Crippen molar-refractivity contribution in [1.29, 1.82) is 0 Å². The van der Waals surface area contributed by atoms with Gasteiger partial charge in [0, 0.05) is 31.9 Å². The van der Waals surface area contributed by atoms with Crippen LogP contribution in [0.5, 0.6) is 0 Å². The van der Waals surface area contributed by atoms with Crippen LogP contribution in [0.3, 0.4) is 0 Å². The molecule has 0 bridgehead atoms. The minimum absolute atomic E-state index is 0.443. The summed E-state index contributed by atoms with van der Waals surface area (Å²) in [5.41, 5.74) is 2.62. The van der Waals surface area contributed by atoms with E-state index in [9.17, 15) is 0 Å². The van der Waals surface area contributed by atoms with Crippen LogP contribution in [0.15, 0.2) is 6.20 Å². The molecule has 1 aromatic heterocycles. The molecule has 0 aromatic carbocycles. The lowest BCUT2D eigenvalue weighted by Gasteiger charge is -2.26. The smallest absolute Gasteiger partial charge is 0.0796 e. The number of nitrogens with zero attached hydrogens (tertiary/aromatic N) is 3. The zero-order valence-corrected chi connectivity index (χ0v) is 11.1. The first-order valence-corrected chi connectivity index (χ1v) is 6.57. The summed E-state index contributed by atoms with van der Waals surface area (Å²) in [5, 5.41) is 4.71. The van der Waals surface area contributed by atoms with Gasteiger partial charge >= 0.3 is 0 Å². The molecule has 1 fully saturated rings. The van der Waals surface area contributed by atoms with Crippen LogP contribution in [-0.4, -0.2) is 41.0 Å². The van der Waals surface area contributed by atoms with Gasteiger partial charge in [0.05, 0.1) is 18.9 Å². The van der Waals surface area contributed by atoms with Gasteiger partial charge in [-0.2, -0.15) is 5.10 Å². The topological polar surface area (TPSA) is 30.3 Å². The first-order valence-electron chi connectivity index (χ1n) is 6.57. The number of morpholine rings is 1. The van der Waals surface area contributed by atoms with Crippen molar-refractivity contribution in [1.82, 2.24) is 14.7 Å². The maximum atomic E-state index is 5.37. The van der Waals surface area contributed by atoms with E-state index in [0.29, 0.717) is 6.04 Å². The van der Waals surface area contributed by atoms with Gasteiger partial charge in [-0.05, 0) is 25.8 Å². The fourth-order valence-electron chi connectivity index (χ4n) is 2.13. The van der Waals surface area contributed by atoms with E-state index in [4.69, 9.17) is 9.84 Å². The van der Waals surface area contributed by atoms with Crippen molar-refractivity contribution >= 4 is 0 Å². The predicted molar refractivity (Wildman–Crippen MR) is 68.1 cm³/mol. The fraction of sp³-hybridized carbons (Fsp3) is 0.769. The summed E-state index contributed by atoms with van der Waals surface area (Å²) in [6.07, 6.45) is 3.26. The lowest BCUT2D eigenvalue weighted by Crippen LogP contribution is -2.36. The number of ether oxygens (including phenoxy) is 1.